The van der Waals surface area contributed by atoms with Crippen LogP contribution >= 0.6 is 23.4 Å². The second-order valence-electron chi connectivity index (χ2n) is 4.40. The summed E-state index contributed by atoms with van der Waals surface area (Å²) in [6.07, 6.45) is 0.639. The van der Waals surface area contributed by atoms with E-state index in [1.807, 2.05) is 6.92 Å². The van der Waals surface area contributed by atoms with Gasteiger partial charge in [-0.05, 0) is 37.6 Å². The monoisotopic (exact) mass is 346 g/mol. The summed E-state index contributed by atoms with van der Waals surface area (Å²) in [6, 6.07) is 5.79. The van der Waals surface area contributed by atoms with Crippen molar-refractivity contribution in [2.75, 3.05) is 6.54 Å². The largest absolute Gasteiger partial charge is 0.290 e. The van der Waals surface area contributed by atoms with Gasteiger partial charge in [0.25, 0.3) is 10.0 Å². The van der Waals surface area contributed by atoms with Crippen molar-refractivity contribution in [2.45, 2.75) is 30.4 Å². The highest BCUT2D eigenvalue weighted by molar-refractivity contribution is 8.16. The van der Waals surface area contributed by atoms with Crippen LogP contribution in [0.15, 0.2) is 33.6 Å². The van der Waals surface area contributed by atoms with Crippen molar-refractivity contribution in [3.8, 4) is 0 Å². The lowest BCUT2D eigenvalue weighted by Crippen LogP contribution is -2.32. The number of rotatable bonds is 4. The summed E-state index contributed by atoms with van der Waals surface area (Å²) in [5.41, 5.74) is 0. The summed E-state index contributed by atoms with van der Waals surface area (Å²) >= 11 is 6.94. The second kappa shape index (κ2) is 6.37. The Morgan fingerprint density at radius 2 is 1.90 bits per heavy atom. The first kappa shape index (κ1) is 16.3. The smallest absolute Gasteiger partial charge is 0.284 e. The first-order valence-corrected chi connectivity index (χ1v) is 9.17. The molecule has 1 aliphatic rings. The molecule has 21 heavy (non-hydrogen) atoms. The molecule has 1 heterocycles. The molecule has 2 rings (SSSR count). The van der Waals surface area contributed by atoms with Gasteiger partial charge in [0.1, 0.15) is 0 Å². The Labute approximate surface area is 133 Å². The zero-order chi connectivity index (χ0) is 15.6. The summed E-state index contributed by atoms with van der Waals surface area (Å²) in [5.74, 6) is -0.0879. The first-order valence-electron chi connectivity index (χ1n) is 6.47. The highest BCUT2D eigenvalue weighted by Crippen LogP contribution is 2.30. The Kier molecular flexibility index (Phi) is 4.95. The van der Waals surface area contributed by atoms with E-state index in [0.29, 0.717) is 18.0 Å². The van der Waals surface area contributed by atoms with Gasteiger partial charge in [0.15, 0.2) is 5.17 Å². The highest BCUT2D eigenvalue weighted by Gasteiger charge is 2.37. The van der Waals surface area contributed by atoms with Gasteiger partial charge < -0.3 is 0 Å². The Morgan fingerprint density at radius 1 is 1.29 bits per heavy atom. The zero-order valence-electron chi connectivity index (χ0n) is 11.6. The van der Waals surface area contributed by atoms with Gasteiger partial charge in [-0.1, -0.05) is 30.3 Å². The number of thioether (sulfide) groups is 1. The molecular formula is C13H15ClN2O3S2. The fraction of sp³-hybridized carbons (Fsp3) is 0.385. The number of hydrogen-bond donors (Lipinski definition) is 0. The molecule has 1 fully saturated rings. The number of amidine groups is 1. The van der Waals surface area contributed by atoms with Crippen molar-refractivity contribution in [2.24, 2.45) is 4.40 Å². The molecule has 1 unspecified atom stereocenters. The quantitative estimate of drug-likeness (QED) is 0.840. The molecule has 114 valence electrons. The van der Waals surface area contributed by atoms with Gasteiger partial charge in [0, 0.05) is 11.6 Å². The first-order chi connectivity index (χ1) is 9.89. The van der Waals surface area contributed by atoms with Crippen LogP contribution in [0.25, 0.3) is 0 Å². The van der Waals surface area contributed by atoms with Crippen molar-refractivity contribution in [1.29, 1.82) is 0 Å². The average molecular weight is 347 g/mol. The topological polar surface area (TPSA) is 66.8 Å². The van der Waals surface area contributed by atoms with Gasteiger partial charge in [0.05, 0.1) is 10.1 Å². The number of hydrogen-bond acceptors (Lipinski definition) is 4. The molecule has 1 saturated heterocycles. The van der Waals surface area contributed by atoms with E-state index in [-0.39, 0.29) is 21.2 Å². The Hall–Kier alpha value is -1.05. The molecular weight excluding hydrogens is 332 g/mol. The predicted molar refractivity (Wildman–Crippen MR) is 85.1 cm³/mol. The summed E-state index contributed by atoms with van der Waals surface area (Å²) in [6.45, 7) is 4.08. The summed E-state index contributed by atoms with van der Waals surface area (Å²) < 4.78 is 28.4. The number of carbonyl (C=O) groups is 1. The molecule has 0 radical (unpaired) electrons. The van der Waals surface area contributed by atoms with E-state index in [2.05, 4.69) is 4.40 Å². The van der Waals surface area contributed by atoms with Crippen LogP contribution in [0, 0.1) is 0 Å². The van der Waals surface area contributed by atoms with E-state index in [0.717, 1.165) is 0 Å². The molecule has 1 atom stereocenters. The van der Waals surface area contributed by atoms with E-state index in [1.165, 1.54) is 40.9 Å². The van der Waals surface area contributed by atoms with Gasteiger partial charge in [-0.15, -0.1) is 4.40 Å². The minimum atomic E-state index is -3.84. The van der Waals surface area contributed by atoms with Gasteiger partial charge in [-0.25, -0.2) is 0 Å². The Bertz CT molecular complexity index is 671. The highest BCUT2D eigenvalue weighted by atomic mass is 35.5. The Morgan fingerprint density at radius 3 is 2.43 bits per heavy atom. The third kappa shape index (κ3) is 3.41. The SMILES string of the molecule is CCC1S/C(=N/S(=O)(=O)c2ccc(Cl)cc2)N(CC)C1=O. The van der Waals surface area contributed by atoms with Crippen LogP contribution in [0.2, 0.25) is 5.02 Å². The molecule has 8 heteroatoms. The number of halogens is 1. The number of carbonyl (C=O) groups excluding carboxylic acids is 1. The standard InChI is InChI=1S/C13H15ClN2O3S2/c1-3-11-12(17)16(4-2)13(20-11)15-21(18,19)10-7-5-9(14)6-8-10/h5-8,11H,3-4H2,1-2H3/b15-13+. The molecule has 0 aromatic heterocycles. The van der Waals surface area contributed by atoms with Gasteiger partial charge in [-0.3, -0.25) is 9.69 Å². The molecule has 0 saturated carbocycles. The van der Waals surface area contributed by atoms with Crippen LogP contribution in [0.4, 0.5) is 0 Å². The van der Waals surface area contributed by atoms with E-state index in [9.17, 15) is 13.2 Å². The number of benzene rings is 1. The van der Waals surface area contributed by atoms with Gasteiger partial charge in [0.2, 0.25) is 5.91 Å². The Balaban J connectivity index is 2.37. The maximum Gasteiger partial charge on any atom is 0.284 e. The fourth-order valence-corrected chi connectivity index (χ4v) is 4.37. The minimum Gasteiger partial charge on any atom is -0.290 e. The molecule has 0 spiro atoms. The lowest BCUT2D eigenvalue weighted by molar-refractivity contribution is -0.126. The maximum atomic E-state index is 12.3. The van der Waals surface area contributed by atoms with Crippen molar-refractivity contribution >= 4 is 44.5 Å². The lowest BCUT2D eigenvalue weighted by Gasteiger charge is -2.12. The third-order valence-electron chi connectivity index (χ3n) is 3.02. The molecule has 1 aromatic rings. The molecule has 1 amide bonds. The van der Waals surface area contributed by atoms with Crippen LogP contribution in [0.5, 0.6) is 0 Å². The molecule has 0 aliphatic carbocycles. The molecule has 0 N–H and O–H groups in total. The third-order valence-corrected chi connectivity index (χ3v) is 6.01. The minimum absolute atomic E-state index is 0.0588. The summed E-state index contributed by atoms with van der Waals surface area (Å²) in [5, 5.41) is 0.432. The summed E-state index contributed by atoms with van der Waals surface area (Å²) in [4.78, 5) is 13.5. The number of nitrogens with zero attached hydrogens (tertiary/aromatic N) is 2. The lowest BCUT2D eigenvalue weighted by atomic mass is 10.3. The predicted octanol–water partition coefficient (Wildman–Crippen LogP) is 2.76. The van der Waals surface area contributed by atoms with E-state index < -0.39 is 10.0 Å². The van der Waals surface area contributed by atoms with Crippen molar-refractivity contribution in [3.63, 3.8) is 0 Å². The molecule has 0 bridgehead atoms. The average Bonchev–Trinajstić information content (AvgIpc) is 2.74. The van der Waals surface area contributed by atoms with Gasteiger partial charge in [-0.2, -0.15) is 8.42 Å². The molecule has 1 aliphatic heterocycles. The normalized spacial score (nSPS) is 21.3. The zero-order valence-corrected chi connectivity index (χ0v) is 14.0. The van der Waals surface area contributed by atoms with E-state index in [1.54, 1.807) is 6.92 Å². The number of amides is 1. The maximum absolute atomic E-state index is 12.3. The van der Waals surface area contributed by atoms with E-state index >= 15 is 0 Å². The van der Waals surface area contributed by atoms with Crippen molar-refractivity contribution < 1.29 is 13.2 Å². The molecule has 5 nitrogen and oxygen atoms in total. The van der Waals surface area contributed by atoms with Crippen LogP contribution < -0.4 is 0 Å². The van der Waals surface area contributed by atoms with Crippen LogP contribution in [0.1, 0.15) is 20.3 Å². The molecule has 1 aromatic carbocycles. The second-order valence-corrected chi connectivity index (χ2v) is 7.61. The van der Waals surface area contributed by atoms with Crippen LogP contribution in [0.3, 0.4) is 0 Å². The van der Waals surface area contributed by atoms with Crippen LogP contribution in [-0.2, 0) is 14.8 Å². The van der Waals surface area contributed by atoms with Crippen LogP contribution in [-0.4, -0.2) is 36.2 Å². The van der Waals surface area contributed by atoms with Crippen molar-refractivity contribution in [1.82, 2.24) is 4.90 Å². The van der Waals surface area contributed by atoms with Gasteiger partial charge >= 0.3 is 0 Å². The van der Waals surface area contributed by atoms with E-state index in [4.69, 9.17) is 11.6 Å². The fourth-order valence-electron chi connectivity index (χ4n) is 1.89. The summed E-state index contributed by atoms with van der Waals surface area (Å²) in [7, 11) is -3.84. The van der Waals surface area contributed by atoms with Crippen molar-refractivity contribution in [3.05, 3.63) is 29.3 Å². The number of sulfonamides is 1.